The van der Waals surface area contributed by atoms with Gasteiger partial charge in [-0.3, -0.25) is 14.4 Å². The number of nitrogens with one attached hydrogen (secondary N) is 1. The minimum absolute atomic E-state index is 0.0252. The van der Waals surface area contributed by atoms with Crippen LogP contribution in [0.3, 0.4) is 0 Å². The van der Waals surface area contributed by atoms with Crippen LogP contribution >= 0.6 is 0 Å². The molecule has 0 aromatic heterocycles. The zero-order valence-corrected chi connectivity index (χ0v) is 15.4. The summed E-state index contributed by atoms with van der Waals surface area (Å²) in [4.78, 5) is 37.7. The van der Waals surface area contributed by atoms with E-state index in [1.165, 1.54) is 9.91 Å². The number of hydrogen-bond donors (Lipinski definition) is 1. The van der Waals surface area contributed by atoms with E-state index in [4.69, 9.17) is 0 Å². The van der Waals surface area contributed by atoms with Gasteiger partial charge in [0.15, 0.2) is 0 Å². The quantitative estimate of drug-likeness (QED) is 0.762. The first kappa shape index (κ1) is 19.6. The van der Waals surface area contributed by atoms with Crippen LogP contribution in [0.25, 0.3) is 0 Å². The van der Waals surface area contributed by atoms with Gasteiger partial charge in [-0.25, -0.2) is 5.01 Å². The summed E-state index contributed by atoms with van der Waals surface area (Å²) in [5.41, 5.74) is 1.90. The second-order valence-corrected chi connectivity index (χ2v) is 6.04. The maximum Gasteiger partial charge on any atom is 0.243 e. The first-order chi connectivity index (χ1) is 12.5. The molecular formula is C19H26N4O3. The number of carbonyl (C=O) groups is 3. The van der Waals surface area contributed by atoms with Crippen molar-refractivity contribution in [2.24, 2.45) is 5.10 Å². The fourth-order valence-electron chi connectivity index (χ4n) is 2.77. The summed E-state index contributed by atoms with van der Waals surface area (Å²) in [6, 6.07) is 9.76. The van der Waals surface area contributed by atoms with Gasteiger partial charge in [0.2, 0.25) is 17.7 Å². The van der Waals surface area contributed by atoms with E-state index in [-0.39, 0.29) is 37.1 Å². The summed E-state index contributed by atoms with van der Waals surface area (Å²) < 4.78 is 0. The number of hydrazone groups is 1. The molecule has 0 aliphatic carbocycles. The SMILES string of the molecule is CCNC(=O)CN(CC)C(=O)CCC(=O)N1CCC(c2ccccc2)=N1. The lowest BCUT2D eigenvalue weighted by atomic mass is 10.1. The number of likely N-dealkylation sites (N-methyl/N-ethyl adjacent to an activating group) is 2. The maximum absolute atomic E-state index is 12.3. The fourth-order valence-corrected chi connectivity index (χ4v) is 2.77. The Bertz CT molecular complexity index is 673. The number of carbonyl (C=O) groups excluding carboxylic acids is 3. The molecule has 3 amide bonds. The lowest BCUT2D eigenvalue weighted by molar-refractivity contribution is -0.138. The Morgan fingerprint density at radius 1 is 1.15 bits per heavy atom. The third-order valence-corrected chi connectivity index (χ3v) is 4.19. The Balaban J connectivity index is 1.85. The van der Waals surface area contributed by atoms with Crippen molar-refractivity contribution in [3.05, 3.63) is 35.9 Å². The minimum Gasteiger partial charge on any atom is -0.355 e. The molecule has 0 fully saturated rings. The summed E-state index contributed by atoms with van der Waals surface area (Å²) >= 11 is 0. The van der Waals surface area contributed by atoms with Crippen molar-refractivity contribution in [3.8, 4) is 0 Å². The summed E-state index contributed by atoms with van der Waals surface area (Å²) in [5.74, 6) is -0.553. The molecule has 1 aromatic rings. The van der Waals surface area contributed by atoms with E-state index in [0.29, 0.717) is 26.1 Å². The first-order valence-corrected chi connectivity index (χ1v) is 9.02. The Morgan fingerprint density at radius 3 is 2.54 bits per heavy atom. The number of nitrogens with zero attached hydrogens (tertiary/aromatic N) is 3. The van der Waals surface area contributed by atoms with Gasteiger partial charge in [-0.2, -0.15) is 5.10 Å². The van der Waals surface area contributed by atoms with Crippen molar-refractivity contribution in [1.82, 2.24) is 15.2 Å². The highest BCUT2D eigenvalue weighted by atomic mass is 16.2. The standard InChI is InChI=1S/C19H26N4O3/c1-3-20-17(24)14-22(4-2)18(25)10-11-19(26)23-13-12-16(21-23)15-8-6-5-7-9-15/h5-9H,3-4,10-14H2,1-2H3,(H,20,24). The Kier molecular flexibility index (Phi) is 7.32. The van der Waals surface area contributed by atoms with Crippen LogP contribution in [0, 0.1) is 0 Å². The second kappa shape index (κ2) is 9.70. The summed E-state index contributed by atoms with van der Waals surface area (Å²) in [5, 5.41) is 8.49. The van der Waals surface area contributed by atoms with E-state index in [1.54, 1.807) is 0 Å². The lowest BCUT2D eigenvalue weighted by Gasteiger charge is -2.20. The molecule has 1 aromatic carbocycles. The molecular weight excluding hydrogens is 332 g/mol. The van der Waals surface area contributed by atoms with Gasteiger partial charge >= 0.3 is 0 Å². The van der Waals surface area contributed by atoms with E-state index in [9.17, 15) is 14.4 Å². The van der Waals surface area contributed by atoms with Crippen LogP contribution in [0.15, 0.2) is 35.4 Å². The van der Waals surface area contributed by atoms with E-state index >= 15 is 0 Å². The fraction of sp³-hybridized carbons (Fsp3) is 0.474. The van der Waals surface area contributed by atoms with Crippen molar-refractivity contribution in [2.75, 3.05) is 26.2 Å². The summed E-state index contributed by atoms with van der Waals surface area (Å²) in [6.07, 6.45) is 0.886. The predicted molar refractivity (Wildman–Crippen MR) is 99.5 cm³/mol. The van der Waals surface area contributed by atoms with Gasteiger partial charge < -0.3 is 10.2 Å². The first-order valence-electron chi connectivity index (χ1n) is 9.02. The Morgan fingerprint density at radius 2 is 1.88 bits per heavy atom. The normalized spacial score (nSPS) is 13.3. The lowest BCUT2D eigenvalue weighted by Crippen LogP contribution is -2.40. The molecule has 7 heteroatoms. The molecule has 7 nitrogen and oxygen atoms in total. The topological polar surface area (TPSA) is 82.1 Å². The van der Waals surface area contributed by atoms with Crippen LogP contribution in [0.1, 0.15) is 38.7 Å². The van der Waals surface area contributed by atoms with Crippen LogP contribution in [-0.4, -0.2) is 59.5 Å². The molecule has 1 aliphatic heterocycles. The van der Waals surface area contributed by atoms with E-state index < -0.39 is 0 Å². The Hall–Kier alpha value is -2.70. The van der Waals surface area contributed by atoms with E-state index in [1.807, 2.05) is 44.2 Å². The second-order valence-electron chi connectivity index (χ2n) is 6.04. The summed E-state index contributed by atoms with van der Waals surface area (Å²) in [6.45, 7) is 5.17. The van der Waals surface area contributed by atoms with Gasteiger partial charge in [-0.05, 0) is 19.4 Å². The highest BCUT2D eigenvalue weighted by Crippen LogP contribution is 2.15. The van der Waals surface area contributed by atoms with Crippen LogP contribution in [0.4, 0.5) is 0 Å². The van der Waals surface area contributed by atoms with Crippen molar-refractivity contribution in [1.29, 1.82) is 0 Å². The number of hydrogen-bond acceptors (Lipinski definition) is 4. The van der Waals surface area contributed by atoms with Crippen molar-refractivity contribution in [3.63, 3.8) is 0 Å². The predicted octanol–water partition coefficient (Wildman–Crippen LogP) is 1.39. The Labute approximate surface area is 154 Å². The molecule has 0 spiro atoms. The third-order valence-electron chi connectivity index (χ3n) is 4.19. The molecule has 0 atom stereocenters. The largest absolute Gasteiger partial charge is 0.355 e. The maximum atomic E-state index is 12.3. The van der Waals surface area contributed by atoms with E-state index in [2.05, 4.69) is 10.4 Å². The molecule has 1 aliphatic rings. The van der Waals surface area contributed by atoms with E-state index in [0.717, 1.165) is 11.3 Å². The summed E-state index contributed by atoms with van der Waals surface area (Å²) in [7, 11) is 0. The van der Waals surface area contributed by atoms with Gasteiger partial charge in [0, 0.05) is 32.4 Å². The molecule has 1 N–H and O–H groups in total. The average Bonchev–Trinajstić information content (AvgIpc) is 3.15. The molecule has 2 rings (SSSR count). The van der Waals surface area contributed by atoms with Gasteiger partial charge in [0.05, 0.1) is 18.8 Å². The monoisotopic (exact) mass is 358 g/mol. The van der Waals surface area contributed by atoms with Crippen LogP contribution < -0.4 is 5.32 Å². The molecule has 140 valence electrons. The molecule has 1 heterocycles. The molecule has 0 saturated carbocycles. The van der Waals surface area contributed by atoms with Crippen molar-refractivity contribution < 1.29 is 14.4 Å². The zero-order valence-electron chi connectivity index (χ0n) is 15.4. The smallest absolute Gasteiger partial charge is 0.243 e. The third kappa shape index (κ3) is 5.40. The molecule has 0 unspecified atom stereocenters. The van der Waals surface area contributed by atoms with Gasteiger partial charge in [-0.1, -0.05) is 30.3 Å². The van der Waals surface area contributed by atoms with Gasteiger partial charge in [-0.15, -0.1) is 0 Å². The molecule has 0 bridgehead atoms. The van der Waals surface area contributed by atoms with Crippen molar-refractivity contribution >= 4 is 23.4 Å². The number of rotatable bonds is 8. The molecule has 0 saturated heterocycles. The average molecular weight is 358 g/mol. The number of benzene rings is 1. The minimum atomic E-state index is -0.196. The highest BCUT2D eigenvalue weighted by molar-refractivity contribution is 6.02. The highest BCUT2D eigenvalue weighted by Gasteiger charge is 2.23. The van der Waals surface area contributed by atoms with Gasteiger partial charge in [0.1, 0.15) is 0 Å². The number of amides is 3. The van der Waals surface area contributed by atoms with Gasteiger partial charge in [0.25, 0.3) is 0 Å². The van der Waals surface area contributed by atoms with Crippen LogP contribution in [0.2, 0.25) is 0 Å². The van der Waals surface area contributed by atoms with Crippen LogP contribution in [0.5, 0.6) is 0 Å². The van der Waals surface area contributed by atoms with Crippen LogP contribution in [-0.2, 0) is 14.4 Å². The van der Waals surface area contributed by atoms with Crippen molar-refractivity contribution in [2.45, 2.75) is 33.1 Å². The molecule has 0 radical (unpaired) electrons. The zero-order chi connectivity index (χ0) is 18.9. The molecule has 26 heavy (non-hydrogen) atoms.